The summed E-state index contributed by atoms with van der Waals surface area (Å²) in [7, 11) is 1.95. The molecule has 0 unspecified atom stereocenters. The van der Waals surface area contributed by atoms with E-state index in [1.54, 1.807) is 0 Å². The highest BCUT2D eigenvalue weighted by Gasteiger charge is 2.16. The fourth-order valence-electron chi connectivity index (χ4n) is 2.50. The molecule has 1 aliphatic heterocycles. The van der Waals surface area contributed by atoms with Gasteiger partial charge >= 0.3 is 0 Å². The predicted molar refractivity (Wildman–Crippen MR) is 79.0 cm³/mol. The maximum absolute atomic E-state index is 5.94. The first-order chi connectivity index (χ1) is 9.20. The Kier molecular flexibility index (Phi) is 3.68. The number of rotatable bonds is 3. The SMILES string of the molecule is Cn1cc(-c2ccc(CN3CCC(N)CC3)s2)cn1. The number of likely N-dealkylation sites (tertiary alicyclic amines) is 1. The first kappa shape index (κ1) is 12.8. The van der Waals surface area contributed by atoms with Gasteiger partial charge in [0.25, 0.3) is 0 Å². The normalized spacial score (nSPS) is 18.0. The molecule has 4 nitrogen and oxygen atoms in total. The van der Waals surface area contributed by atoms with E-state index in [4.69, 9.17) is 5.73 Å². The topological polar surface area (TPSA) is 47.1 Å². The third-order valence-electron chi connectivity index (χ3n) is 3.66. The molecule has 2 N–H and O–H groups in total. The largest absolute Gasteiger partial charge is 0.328 e. The lowest BCUT2D eigenvalue weighted by Crippen LogP contribution is -2.39. The van der Waals surface area contributed by atoms with Crippen LogP contribution in [0.1, 0.15) is 17.7 Å². The van der Waals surface area contributed by atoms with Crippen LogP contribution in [0.3, 0.4) is 0 Å². The molecule has 2 aromatic heterocycles. The minimum absolute atomic E-state index is 0.408. The van der Waals surface area contributed by atoms with Crippen LogP contribution in [0.5, 0.6) is 0 Å². The highest BCUT2D eigenvalue weighted by atomic mass is 32.1. The average Bonchev–Trinajstić information content (AvgIpc) is 3.01. The lowest BCUT2D eigenvalue weighted by atomic mass is 10.1. The summed E-state index contributed by atoms with van der Waals surface area (Å²) in [5.41, 5.74) is 7.15. The molecule has 0 amide bonds. The van der Waals surface area contributed by atoms with Crippen molar-refractivity contribution in [3.8, 4) is 10.4 Å². The molecule has 3 rings (SSSR count). The van der Waals surface area contributed by atoms with Crippen molar-refractivity contribution >= 4 is 11.3 Å². The highest BCUT2D eigenvalue weighted by Crippen LogP contribution is 2.28. The van der Waals surface area contributed by atoms with E-state index in [0.29, 0.717) is 6.04 Å². The summed E-state index contributed by atoms with van der Waals surface area (Å²) in [5.74, 6) is 0. The Bertz CT molecular complexity index is 537. The van der Waals surface area contributed by atoms with E-state index < -0.39 is 0 Å². The van der Waals surface area contributed by atoms with Gasteiger partial charge < -0.3 is 5.73 Å². The van der Waals surface area contributed by atoms with E-state index in [-0.39, 0.29) is 0 Å². The lowest BCUT2D eigenvalue weighted by Gasteiger charge is -2.29. The highest BCUT2D eigenvalue weighted by molar-refractivity contribution is 7.15. The Morgan fingerprint density at radius 1 is 1.37 bits per heavy atom. The van der Waals surface area contributed by atoms with E-state index in [0.717, 1.165) is 32.5 Å². The van der Waals surface area contributed by atoms with Gasteiger partial charge in [-0.3, -0.25) is 9.58 Å². The quantitative estimate of drug-likeness (QED) is 0.933. The summed E-state index contributed by atoms with van der Waals surface area (Å²) < 4.78 is 1.85. The molecule has 0 aromatic carbocycles. The zero-order valence-corrected chi connectivity index (χ0v) is 12.1. The number of hydrogen-bond acceptors (Lipinski definition) is 4. The Balaban J connectivity index is 1.65. The van der Waals surface area contributed by atoms with Crippen LogP contribution in [-0.2, 0) is 13.6 Å². The number of piperidine rings is 1. The zero-order chi connectivity index (χ0) is 13.2. The number of aromatic nitrogens is 2. The monoisotopic (exact) mass is 276 g/mol. The fraction of sp³-hybridized carbons (Fsp3) is 0.500. The summed E-state index contributed by atoms with van der Waals surface area (Å²) in [4.78, 5) is 5.23. The van der Waals surface area contributed by atoms with Crippen molar-refractivity contribution in [3.05, 3.63) is 29.4 Å². The van der Waals surface area contributed by atoms with E-state index >= 15 is 0 Å². The maximum Gasteiger partial charge on any atom is 0.0576 e. The molecule has 0 aliphatic carbocycles. The van der Waals surface area contributed by atoms with Crippen molar-refractivity contribution in [2.75, 3.05) is 13.1 Å². The van der Waals surface area contributed by atoms with Crippen LogP contribution in [0.25, 0.3) is 10.4 Å². The van der Waals surface area contributed by atoms with Crippen LogP contribution in [0.15, 0.2) is 24.5 Å². The molecule has 1 saturated heterocycles. The summed E-state index contributed by atoms with van der Waals surface area (Å²) in [6.07, 6.45) is 6.24. The van der Waals surface area contributed by atoms with Crippen molar-refractivity contribution in [2.45, 2.75) is 25.4 Å². The second-order valence-corrected chi connectivity index (χ2v) is 6.45. The predicted octanol–water partition coefficient (Wildman–Crippen LogP) is 2.07. The van der Waals surface area contributed by atoms with Crippen molar-refractivity contribution in [1.29, 1.82) is 0 Å². The smallest absolute Gasteiger partial charge is 0.0576 e. The van der Waals surface area contributed by atoms with E-state index in [1.165, 1.54) is 15.3 Å². The van der Waals surface area contributed by atoms with Gasteiger partial charge in [0, 0.05) is 41.1 Å². The summed E-state index contributed by atoms with van der Waals surface area (Å²) in [6, 6.07) is 4.85. The Labute approximate surface area is 117 Å². The van der Waals surface area contributed by atoms with E-state index in [2.05, 4.69) is 28.3 Å². The van der Waals surface area contributed by atoms with Crippen LogP contribution in [0.2, 0.25) is 0 Å². The van der Waals surface area contributed by atoms with Gasteiger partial charge in [0.2, 0.25) is 0 Å². The summed E-state index contributed by atoms with van der Waals surface area (Å²) >= 11 is 1.87. The molecule has 1 fully saturated rings. The lowest BCUT2D eigenvalue weighted by molar-refractivity contribution is 0.207. The van der Waals surface area contributed by atoms with Gasteiger partial charge in [-0.2, -0.15) is 5.10 Å². The molecule has 1 aliphatic rings. The zero-order valence-electron chi connectivity index (χ0n) is 11.2. The number of nitrogens with zero attached hydrogens (tertiary/aromatic N) is 3. The Morgan fingerprint density at radius 3 is 2.84 bits per heavy atom. The van der Waals surface area contributed by atoms with Crippen LogP contribution in [0.4, 0.5) is 0 Å². The maximum atomic E-state index is 5.94. The van der Waals surface area contributed by atoms with Gasteiger partial charge in [-0.15, -0.1) is 11.3 Å². The minimum atomic E-state index is 0.408. The summed E-state index contributed by atoms with van der Waals surface area (Å²) in [6.45, 7) is 3.31. The number of nitrogens with two attached hydrogens (primary N) is 1. The molecule has 5 heteroatoms. The molecular weight excluding hydrogens is 256 g/mol. The molecule has 0 spiro atoms. The molecule has 2 aromatic rings. The van der Waals surface area contributed by atoms with E-state index in [9.17, 15) is 0 Å². The Hall–Kier alpha value is -1.17. The van der Waals surface area contributed by atoms with Crippen molar-refractivity contribution in [1.82, 2.24) is 14.7 Å². The second kappa shape index (κ2) is 5.45. The number of aryl methyl sites for hydroxylation is 1. The van der Waals surface area contributed by atoms with Gasteiger partial charge in [-0.25, -0.2) is 0 Å². The van der Waals surface area contributed by atoms with Crippen molar-refractivity contribution in [2.24, 2.45) is 12.8 Å². The Morgan fingerprint density at radius 2 is 2.16 bits per heavy atom. The van der Waals surface area contributed by atoms with Gasteiger partial charge in [0.15, 0.2) is 0 Å². The molecule has 0 saturated carbocycles. The van der Waals surface area contributed by atoms with Crippen LogP contribution < -0.4 is 5.73 Å². The van der Waals surface area contributed by atoms with Gasteiger partial charge in [-0.1, -0.05) is 0 Å². The molecule has 3 heterocycles. The molecule has 19 heavy (non-hydrogen) atoms. The van der Waals surface area contributed by atoms with Gasteiger partial charge in [-0.05, 0) is 38.1 Å². The number of thiophene rings is 1. The van der Waals surface area contributed by atoms with Crippen molar-refractivity contribution < 1.29 is 0 Å². The standard InChI is InChI=1S/C14H20N4S/c1-17-9-11(8-16-17)14-3-2-13(19-14)10-18-6-4-12(15)5-7-18/h2-3,8-9,12H,4-7,10,15H2,1H3. The van der Waals surface area contributed by atoms with Crippen LogP contribution in [0, 0.1) is 0 Å². The van der Waals surface area contributed by atoms with Crippen LogP contribution in [-0.4, -0.2) is 33.8 Å². The second-order valence-electron chi connectivity index (χ2n) is 5.28. The third-order valence-corrected chi connectivity index (χ3v) is 4.78. The van der Waals surface area contributed by atoms with Gasteiger partial charge in [0.05, 0.1) is 6.20 Å². The fourth-order valence-corrected chi connectivity index (χ4v) is 3.52. The van der Waals surface area contributed by atoms with Gasteiger partial charge in [0.1, 0.15) is 0 Å². The summed E-state index contributed by atoms with van der Waals surface area (Å²) in [5, 5.41) is 4.23. The molecule has 102 valence electrons. The van der Waals surface area contributed by atoms with Crippen molar-refractivity contribution in [3.63, 3.8) is 0 Å². The third kappa shape index (κ3) is 3.05. The molecule has 0 radical (unpaired) electrons. The van der Waals surface area contributed by atoms with E-state index in [1.807, 2.05) is 29.3 Å². The first-order valence-corrected chi connectivity index (χ1v) is 7.58. The average molecular weight is 276 g/mol. The molecule has 0 bridgehead atoms. The molecular formula is C14H20N4S. The first-order valence-electron chi connectivity index (χ1n) is 6.76. The van der Waals surface area contributed by atoms with Crippen LogP contribution >= 0.6 is 11.3 Å². The number of hydrogen-bond donors (Lipinski definition) is 1. The molecule has 0 atom stereocenters. The minimum Gasteiger partial charge on any atom is -0.328 e.